The van der Waals surface area contributed by atoms with Gasteiger partial charge in [0.25, 0.3) is 0 Å². The summed E-state index contributed by atoms with van der Waals surface area (Å²) in [6, 6.07) is 10.1. The fraction of sp³-hybridized carbons (Fsp3) is 0.533. The fourth-order valence-corrected chi connectivity index (χ4v) is 3.32. The maximum Gasteiger partial charge on any atom is 0.122 e. The molecule has 0 spiro atoms. The minimum absolute atomic E-state index is 0.420. The van der Waals surface area contributed by atoms with E-state index in [2.05, 4.69) is 0 Å². The Morgan fingerprint density at radius 1 is 1.18 bits per heavy atom. The molecule has 1 aromatic carbocycles. The summed E-state index contributed by atoms with van der Waals surface area (Å²) in [7, 11) is 0. The van der Waals surface area contributed by atoms with E-state index < -0.39 is 4.87 Å². The number of rotatable bonds is 4. The van der Waals surface area contributed by atoms with Gasteiger partial charge in [-0.2, -0.15) is 0 Å². The molecule has 1 fully saturated rings. The van der Waals surface area contributed by atoms with E-state index in [1.807, 2.05) is 30.3 Å². The zero-order valence-corrected chi connectivity index (χ0v) is 10.8. The van der Waals surface area contributed by atoms with Gasteiger partial charge in [0.05, 0.1) is 4.87 Å². The normalized spacial score (nSPS) is 20.8. The third-order valence-corrected chi connectivity index (χ3v) is 4.57. The standard InChI is InChI=1S/C15H19ClO/c16-15(11-12-17,13-7-3-1-4-8-13)14-9-5-2-6-10-14/h1,3-4,7-8,12,14H,2,5-6,9-11H2. The van der Waals surface area contributed by atoms with Crippen LogP contribution < -0.4 is 0 Å². The summed E-state index contributed by atoms with van der Waals surface area (Å²) in [5.74, 6) is 0.436. The Labute approximate surface area is 108 Å². The maximum absolute atomic E-state index is 11.0. The van der Waals surface area contributed by atoms with Crippen molar-refractivity contribution in [2.45, 2.75) is 43.4 Å². The van der Waals surface area contributed by atoms with Gasteiger partial charge >= 0.3 is 0 Å². The molecule has 1 aliphatic carbocycles. The first-order valence-electron chi connectivity index (χ1n) is 6.45. The molecule has 0 saturated heterocycles. The molecule has 0 aliphatic heterocycles. The molecule has 1 saturated carbocycles. The van der Waals surface area contributed by atoms with E-state index in [1.165, 1.54) is 19.3 Å². The number of carbonyl (C=O) groups excluding carboxylic acids is 1. The van der Waals surface area contributed by atoms with E-state index >= 15 is 0 Å². The minimum atomic E-state index is -0.483. The van der Waals surface area contributed by atoms with E-state index in [-0.39, 0.29) is 0 Å². The van der Waals surface area contributed by atoms with Crippen LogP contribution in [0.1, 0.15) is 44.1 Å². The van der Waals surface area contributed by atoms with E-state index in [9.17, 15) is 4.79 Å². The summed E-state index contributed by atoms with van der Waals surface area (Å²) in [6.07, 6.45) is 7.46. The highest BCUT2D eigenvalue weighted by Crippen LogP contribution is 2.46. The zero-order valence-electron chi connectivity index (χ0n) is 10.1. The summed E-state index contributed by atoms with van der Waals surface area (Å²) in [6.45, 7) is 0. The van der Waals surface area contributed by atoms with Gasteiger partial charge in [0, 0.05) is 6.42 Å². The minimum Gasteiger partial charge on any atom is -0.303 e. The van der Waals surface area contributed by atoms with Gasteiger partial charge in [0.1, 0.15) is 6.29 Å². The molecule has 2 rings (SSSR count). The van der Waals surface area contributed by atoms with Gasteiger partial charge in [0.15, 0.2) is 0 Å². The molecule has 0 heterocycles. The molecule has 0 aromatic heterocycles. The Morgan fingerprint density at radius 2 is 1.82 bits per heavy atom. The van der Waals surface area contributed by atoms with Crippen molar-refractivity contribution in [2.24, 2.45) is 5.92 Å². The van der Waals surface area contributed by atoms with Crippen LogP contribution in [0.25, 0.3) is 0 Å². The number of benzene rings is 1. The Morgan fingerprint density at radius 3 is 2.41 bits per heavy atom. The first-order chi connectivity index (χ1) is 8.27. The summed E-state index contributed by atoms with van der Waals surface area (Å²) in [5, 5.41) is 0. The molecule has 0 amide bonds. The average molecular weight is 251 g/mol. The van der Waals surface area contributed by atoms with Gasteiger partial charge in [-0.05, 0) is 24.3 Å². The number of alkyl halides is 1. The predicted molar refractivity (Wildman–Crippen MR) is 71.2 cm³/mol. The molecule has 0 radical (unpaired) electrons. The first-order valence-corrected chi connectivity index (χ1v) is 6.83. The first kappa shape index (κ1) is 12.6. The molecule has 17 heavy (non-hydrogen) atoms. The maximum atomic E-state index is 11.0. The second-order valence-corrected chi connectivity index (χ2v) is 5.61. The van der Waals surface area contributed by atoms with Crippen LogP contribution >= 0.6 is 11.6 Å². The largest absolute Gasteiger partial charge is 0.303 e. The molecular weight excluding hydrogens is 232 g/mol. The van der Waals surface area contributed by atoms with Crippen LogP contribution in [0.15, 0.2) is 30.3 Å². The molecule has 2 heteroatoms. The van der Waals surface area contributed by atoms with E-state index in [4.69, 9.17) is 11.6 Å². The third-order valence-electron chi connectivity index (χ3n) is 3.89. The van der Waals surface area contributed by atoms with Crippen LogP contribution in [0, 0.1) is 5.92 Å². The average Bonchev–Trinajstić information content (AvgIpc) is 2.41. The number of halogens is 1. The van der Waals surface area contributed by atoms with Crippen molar-refractivity contribution in [3.63, 3.8) is 0 Å². The molecule has 0 bridgehead atoms. The summed E-state index contributed by atoms with van der Waals surface area (Å²) >= 11 is 6.81. The van der Waals surface area contributed by atoms with E-state index in [0.29, 0.717) is 12.3 Å². The van der Waals surface area contributed by atoms with E-state index in [0.717, 1.165) is 24.7 Å². The second-order valence-electron chi connectivity index (χ2n) is 4.93. The van der Waals surface area contributed by atoms with Crippen LogP contribution in [0.2, 0.25) is 0 Å². The fourth-order valence-electron chi connectivity index (χ4n) is 2.92. The molecule has 92 valence electrons. The lowest BCUT2D eigenvalue weighted by molar-refractivity contribution is -0.108. The molecular formula is C15H19ClO. The predicted octanol–water partition coefficient (Wildman–Crippen LogP) is 4.29. The zero-order chi connectivity index (χ0) is 12.1. The van der Waals surface area contributed by atoms with Crippen LogP contribution in [0.3, 0.4) is 0 Å². The van der Waals surface area contributed by atoms with Gasteiger partial charge in [-0.3, -0.25) is 0 Å². The van der Waals surface area contributed by atoms with Crippen molar-refractivity contribution < 1.29 is 4.79 Å². The smallest absolute Gasteiger partial charge is 0.122 e. The Bertz CT molecular complexity index is 356. The van der Waals surface area contributed by atoms with Gasteiger partial charge in [-0.25, -0.2) is 0 Å². The lowest BCUT2D eigenvalue weighted by atomic mass is 9.75. The van der Waals surface area contributed by atoms with Crippen LogP contribution in [0.5, 0.6) is 0 Å². The quantitative estimate of drug-likeness (QED) is 0.576. The lowest BCUT2D eigenvalue weighted by Crippen LogP contribution is -2.31. The summed E-state index contributed by atoms with van der Waals surface area (Å²) in [4.78, 5) is 10.5. The third kappa shape index (κ3) is 2.71. The Kier molecular flexibility index (Phi) is 4.22. The Balaban J connectivity index is 2.27. The molecule has 1 atom stereocenters. The lowest BCUT2D eigenvalue weighted by Gasteiger charge is -2.37. The topological polar surface area (TPSA) is 17.1 Å². The van der Waals surface area contributed by atoms with Crippen LogP contribution in [-0.4, -0.2) is 6.29 Å². The monoisotopic (exact) mass is 250 g/mol. The summed E-state index contributed by atoms with van der Waals surface area (Å²) in [5.41, 5.74) is 1.10. The van der Waals surface area contributed by atoms with Crippen molar-refractivity contribution in [2.75, 3.05) is 0 Å². The van der Waals surface area contributed by atoms with Gasteiger partial charge in [-0.1, -0.05) is 49.6 Å². The molecule has 1 nitrogen and oxygen atoms in total. The summed E-state index contributed by atoms with van der Waals surface area (Å²) < 4.78 is 0. The highest BCUT2D eigenvalue weighted by atomic mass is 35.5. The number of aldehydes is 1. The SMILES string of the molecule is O=CCC(Cl)(c1ccccc1)C1CCCCC1. The Hall–Kier alpha value is -0.820. The molecule has 1 aliphatic rings. The highest BCUT2D eigenvalue weighted by molar-refractivity contribution is 6.25. The van der Waals surface area contributed by atoms with Gasteiger partial charge in [-0.15, -0.1) is 11.6 Å². The van der Waals surface area contributed by atoms with Crippen LogP contribution in [0.4, 0.5) is 0 Å². The molecule has 1 aromatic rings. The number of hydrogen-bond donors (Lipinski definition) is 0. The van der Waals surface area contributed by atoms with Crippen molar-refractivity contribution >= 4 is 17.9 Å². The number of carbonyl (C=O) groups is 1. The van der Waals surface area contributed by atoms with Gasteiger partial charge < -0.3 is 4.79 Å². The van der Waals surface area contributed by atoms with Crippen molar-refractivity contribution in [3.05, 3.63) is 35.9 Å². The highest BCUT2D eigenvalue weighted by Gasteiger charge is 2.38. The van der Waals surface area contributed by atoms with Crippen molar-refractivity contribution in [3.8, 4) is 0 Å². The second kappa shape index (κ2) is 5.68. The molecule has 0 N–H and O–H groups in total. The van der Waals surface area contributed by atoms with Crippen molar-refractivity contribution in [1.82, 2.24) is 0 Å². The number of hydrogen-bond acceptors (Lipinski definition) is 1. The van der Waals surface area contributed by atoms with Crippen LogP contribution in [-0.2, 0) is 9.67 Å². The van der Waals surface area contributed by atoms with Crippen molar-refractivity contribution in [1.29, 1.82) is 0 Å². The van der Waals surface area contributed by atoms with Gasteiger partial charge in [0.2, 0.25) is 0 Å². The molecule has 1 unspecified atom stereocenters. The van der Waals surface area contributed by atoms with E-state index in [1.54, 1.807) is 0 Å².